The number of carbonyl (C=O) groups is 1. The SMILES string of the molecule is Cc1ccc(N2CCCC2=O)c(Cl)c1. The zero-order valence-electron chi connectivity index (χ0n) is 8.09. The average molecular weight is 210 g/mol. The van der Waals surface area contributed by atoms with E-state index in [0.717, 1.165) is 24.2 Å². The minimum absolute atomic E-state index is 0.177. The van der Waals surface area contributed by atoms with E-state index in [1.807, 2.05) is 25.1 Å². The number of hydrogen-bond acceptors (Lipinski definition) is 1. The van der Waals surface area contributed by atoms with E-state index in [9.17, 15) is 4.79 Å². The first-order valence-corrected chi connectivity index (χ1v) is 5.13. The van der Waals surface area contributed by atoms with Crippen molar-refractivity contribution in [3.63, 3.8) is 0 Å². The predicted octanol–water partition coefficient (Wildman–Crippen LogP) is 2.78. The Morgan fingerprint density at radius 3 is 2.79 bits per heavy atom. The molecule has 1 aliphatic rings. The molecule has 74 valence electrons. The lowest BCUT2D eigenvalue weighted by atomic mass is 10.2. The van der Waals surface area contributed by atoms with E-state index in [2.05, 4.69) is 0 Å². The normalized spacial score (nSPS) is 16.4. The average Bonchev–Trinajstić information content (AvgIpc) is 2.52. The monoisotopic (exact) mass is 209 g/mol. The Hall–Kier alpha value is -1.02. The molecule has 1 fully saturated rings. The Kier molecular flexibility index (Phi) is 2.46. The first kappa shape index (κ1) is 9.53. The third kappa shape index (κ3) is 1.62. The molecule has 0 aliphatic carbocycles. The minimum atomic E-state index is 0.177. The fraction of sp³-hybridized carbons (Fsp3) is 0.364. The first-order valence-electron chi connectivity index (χ1n) is 4.75. The molecule has 2 rings (SSSR count). The van der Waals surface area contributed by atoms with Gasteiger partial charge in [0.1, 0.15) is 0 Å². The van der Waals surface area contributed by atoms with E-state index < -0.39 is 0 Å². The number of halogens is 1. The molecule has 1 aliphatic heterocycles. The third-order valence-corrected chi connectivity index (χ3v) is 2.77. The van der Waals surface area contributed by atoms with Crippen LogP contribution in [0.2, 0.25) is 5.02 Å². The Labute approximate surface area is 88.5 Å². The molecule has 14 heavy (non-hydrogen) atoms. The zero-order valence-corrected chi connectivity index (χ0v) is 8.84. The van der Waals surface area contributed by atoms with E-state index in [1.165, 1.54) is 0 Å². The largest absolute Gasteiger partial charge is 0.311 e. The van der Waals surface area contributed by atoms with Gasteiger partial charge in [-0.3, -0.25) is 4.79 Å². The third-order valence-electron chi connectivity index (χ3n) is 2.47. The summed E-state index contributed by atoms with van der Waals surface area (Å²) < 4.78 is 0. The van der Waals surface area contributed by atoms with E-state index >= 15 is 0 Å². The molecule has 0 N–H and O–H groups in total. The summed E-state index contributed by atoms with van der Waals surface area (Å²) in [6.45, 7) is 2.78. The maximum Gasteiger partial charge on any atom is 0.227 e. The number of hydrogen-bond donors (Lipinski definition) is 0. The maximum absolute atomic E-state index is 11.5. The van der Waals surface area contributed by atoms with Crippen molar-refractivity contribution in [1.29, 1.82) is 0 Å². The van der Waals surface area contributed by atoms with Gasteiger partial charge in [0.25, 0.3) is 0 Å². The Morgan fingerprint density at radius 1 is 1.43 bits per heavy atom. The fourth-order valence-corrected chi connectivity index (χ4v) is 2.07. The smallest absolute Gasteiger partial charge is 0.227 e. The molecule has 0 saturated carbocycles. The van der Waals surface area contributed by atoms with Crippen molar-refractivity contribution in [2.24, 2.45) is 0 Å². The van der Waals surface area contributed by atoms with Gasteiger partial charge in [-0.25, -0.2) is 0 Å². The molecular formula is C11H12ClNO. The van der Waals surface area contributed by atoms with Crippen LogP contribution < -0.4 is 4.90 Å². The van der Waals surface area contributed by atoms with Gasteiger partial charge in [0.05, 0.1) is 10.7 Å². The summed E-state index contributed by atoms with van der Waals surface area (Å²) in [5.41, 5.74) is 1.96. The van der Waals surface area contributed by atoms with Crippen LogP contribution in [0.3, 0.4) is 0 Å². The highest BCUT2D eigenvalue weighted by Gasteiger charge is 2.23. The van der Waals surface area contributed by atoms with Gasteiger partial charge >= 0.3 is 0 Å². The molecule has 1 aromatic rings. The summed E-state index contributed by atoms with van der Waals surface area (Å²) in [4.78, 5) is 13.2. The molecular weight excluding hydrogens is 198 g/mol. The number of aryl methyl sites for hydroxylation is 1. The maximum atomic E-state index is 11.5. The van der Waals surface area contributed by atoms with Crippen LogP contribution in [0.1, 0.15) is 18.4 Å². The summed E-state index contributed by atoms with van der Waals surface area (Å²) in [5, 5.41) is 0.667. The van der Waals surface area contributed by atoms with Gasteiger partial charge in [-0.05, 0) is 31.0 Å². The van der Waals surface area contributed by atoms with E-state index in [4.69, 9.17) is 11.6 Å². The fourth-order valence-electron chi connectivity index (χ4n) is 1.73. The summed E-state index contributed by atoms with van der Waals surface area (Å²) >= 11 is 6.08. The lowest BCUT2D eigenvalue weighted by molar-refractivity contribution is -0.117. The standard InChI is InChI=1S/C11H12ClNO/c1-8-4-5-10(9(12)7-8)13-6-2-3-11(13)14/h4-5,7H,2-3,6H2,1H3. The first-order chi connectivity index (χ1) is 6.68. The van der Waals surface area contributed by atoms with E-state index in [-0.39, 0.29) is 5.91 Å². The summed E-state index contributed by atoms with van der Waals surface area (Å²) in [6.07, 6.45) is 1.58. The van der Waals surface area contributed by atoms with Gasteiger partial charge < -0.3 is 4.90 Å². The van der Waals surface area contributed by atoms with Crippen LogP contribution in [0.15, 0.2) is 18.2 Å². The number of carbonyl (C=O) groups excluding carboxylic acids is 1. The number of anilines is 1. The molecule has 0 unspecified atom stereocenters. The van der Waals surface area contributed by atoms with E-state index in [1.54, 1.807) is 4.90 Å². The number of amides is 1. The summed E-state index contributed by atoms with van der Waals surface area (Å²) in [6, 6.07) is 5.79. The quantitative estimate of drug-likeness (QED) is 0.697. The Balaban J connectivity index is 2.36. The van der Waals surface area contributed by atoms with Crippen molar-refractivity contribution < 1.29 is 4.79 Å². The van der Waals surface area contributed by atoms with Crippen LogP contribution in [-0.4, -0.2) is 12.5 Å². The van der Waals surface area contributed by atoms with Crippen molar-refractivity contribution in [3.8, 4) is 0 Å². The van der Waals surface area contributed by atoms with E-state index in [0.29, 0.717) is 11.4 Å². The molecule has 2 nitrogen and oxygen atoms in total. The molecule has 0 atom stereocenters. The number of nitrogens with zero attached hydrogens (tertiary/aromatic N) is 1. The summed E-state index contributed by atoms with van der Waals surface area (Å²) in [7, 11) is 0. The van der Waals surface area contributed by atoms with Gasteiger partial charge in [-0.1, -0.05) is 17.7 Å². The lowest BCUT2D eigenvalue weighted by Crippen LogP contribution is -2.23. The van der Waals surface area contributed by atoms with Crippen LogP contribution >= 0.6 is 11.6 Å². The van der Waals surface area contributed by atoms with Gasteiger partial charge in [-0.2, -0.15) is 0 Å². The molecule has 3 heteroatoms. The van der Waals surface area contributed by atoms with Crippen LogP contribution in [0, 0.1) is 6.92 Å². The van der Waals surface area contributed by atoms with Crippen LogP contribution in [0.4, 0.5) is 5.69 Å². The molecule has 0 spiro atoms. The molecule has 0 aromatic heterocycles. The van der Waals surface area contributed by atoms with Gasteiger partial charge in [0.15, 0.2) is 0 Å². The van der Waals surface area contributed by atoms with Gasteiger partial charge in [-0.15, -0.1) is 0 Å². The van der Waals surface area contributed by atoms with Crippen LogP contribution in [0.25, 0.3) is 0 Å². The number of rotatable bonds is 1. The summed E-state index contributed by atoms with van der Waals surface area (Å²) in [5.74, 6) is 0.177. The molecule has 1 heterocycles. The number of benzene rings is 1. The Bertz CT molecular complexity index is 376. The highest BCUT2D eigenvalue weighted by atomic mass is 35.5. The molecule has 1 amide bonds. The molecule has 1 saturated heterocycles. The van der Waals surface area contributed by atoms with Crippen molar-refractivity contribution in [2.75, 3.05) is 11.4 Å². The predicted molar refractivity (Wildman–Crippen MR) is 57.8 cm³/mol. The Morgan fingerprint density at radius 2 is 2.21 bits per heavy atom. The second-order valence-electron chi connectivity index (χ2n) is 3.60. The van der Waals surface area contributed by atoms with Crippen molar-refractivity contribution >= 4 is 23.2 Å². The topological polar surface area (TPSA) is 20.3 Å². The van der Waals surface area contributed by atoms with Gasteiger partial charge in [0.2, 0.25) is 5.91 Å². The van der Waals surface area contributed by atoms with Gasteiger partial charge in [0, 0.05) is 13.0 Å². The molecule has 0 bridgehead atoms. The molecule has 0 radical (unpaired) electrons. The van der Waals surface area contributed by atoms with Crippen LogP contribution in [-0.2, 0) is 4.79 Å². The van der Waals surface area contributed by atoms with Crippen molar-refractivity contribution in [2.45, 2.75) is 19.8 Å². The van der Waals surface area contributed by atoms with Crippen LogP contribution in [0.5, 0.6) is 0 Å². The van der Waals surface area contributed by atoms with Crippen molar-refractivity contribution in [1.82, 2.24) is 0 Å². The second-order valence-corrected chi connectivity index (χ2v) is 4.01. The molecule has 1 aromatic carbocycles. The van der Waals surface area contributed by atoms with Crippen molar-refractivity contribution in [3.05, 3.63) is 28.8 Å². The highest BCUT2D eigenvalue weighted by Crippen LogP contribution is 2.29. The zero-order chi connectivity index (χ0) is 10.1. The lowest BCUT2D eigenvalue weighted by Gasteiger charge is -2.17. The minimum Gasteiger partial charge on any atom is -0.311 e. The second kappa shape index (κ2) is 3.62. The highest BCUT2D eigenvalue weighted by molar-refractivity contribution is 6.33.